The first kappa shape index (κ1) is 24.4. The smallest absolute Gasteiger partial charge is 0.264 e. The molecule has 0 saturated carbocycles. The molecule has 0 bridgehead atoms. The lowest BCUT2D eigenvalue weighted by atomic mass is 10.1. The highest BCUT2D eigenvalue weighted by Crippen LogP contribution is 2.32. The van der Waals surface area contributed by atoms with Crippen LogP contribution in [0.3, 0.4) is 0 Å². The molecule has 4 aromatic rings. The van der Waals surface area contributed by atoms with Crippen molar-refractivity contribution in [3.05, 3.63) is 64.3 Å². The van der Waals surface area contributed by atoms with Gasteiger partial charge < -0.3 is 20.4 Å². The van der Waals surface area contributed by atoms with Crippen LogP contribution in [0.25, 0.3) is 21.8 Å². The second-order valence-electron chi connectivity index (χ2n) is 9.37. The Morgan fingerprint density at radius 2 is 1.79 bits per heavy atom. The van der Waals surface area contributed by atoms with E-state index in [1.165, 1.54) is 23.5 Å². The van der Waals surface area contributed by atoms with Gasteiger partial charge in [-0.15, -0.1) is 11.3 Å². The molecule has 38 heavy (non-hydrogen) atoms. The third kappa shape index (κ3) is 5.22. The van der Waals surface area contributed by atoms with Crippen molar-refractivity contribution in [2.75, 3.05) is 54.4 Å². The van der Waals surface area contributed by atoms with Crippen LogP contribution in [0.4, 0.5) is 22.1 Å². The van der Waals surface area contributed by atoms with Crippen LogP contribution in [0.5, 0.6) is 0 Å². The Morgan fingerprint density at radius 3 is 2.53 bits per heavy atom. The van der Waals surface area contributed by atoms with Crippen LogP contribution in [-0.2, 0) is 0 Å². The van der Waals surface area contributed by atoms with Crippen molar-refractivity contribution in [1.82, 2.24) is 30.2 Å². The number of benzene rings is 1. The third-order valence-electron chi connectivity index (χ3n) is 6.82. The van der Waals surface area contributed by atoms with Gasteiger partial charge in [0.15, 0.2) is 0 Å². The van der Waals surface area contributed by atoms with Gasteiger partial charge in [0.05, 0.1) is 5.69 Å². The average Bonchev–Trinajstić information content (AvgIpc) is 3.44. The predicted octanol–water partition coefficient (Wildman–Crippen LogP) is 2.98. The van der Waals surface area contributed by atoms with Gasteiger partial charge in [-0.25, -0.2) is 19.3 Å². The van der Waals surface area contributed by atoms with Crippen LogP contribution in [0.2, 0.25) is 0 Å². The van der Waals surface area contributed by atoms with Gasteiger partial charge in [0, 0.05) is 62.1 Å². The Morgan fingerprint density at radius 1 is 1.03 bits per heavy atom. The van der Waals surface area contributed by atoms with Gasteiger partial charge in [0.1, 0.15) is 22.2 Å². The number of aromatic amines is 1. The summed E-state index contributed by atoms with van der Waals surface area (Å²) in [6, 6.07) is 8.15. The monoisotopic (exact) mass is 533 g/mol. The summed E-state index contributed by atoms with van der Waals surface area (Å²) < 4.78 is 13.4. The quantitative estimate of drug-likeness (QED) is 0.344. The molecular weight excluding hydrogens is 505 g/mol. The second kappa shape index (κ2) is 10.8. The van der Waals surface area contributed by atoms with Crippen LogP contribution >= 0.6 is 11.3 Å². The fourth-order valence-corrected chi connectivity index (χ4v) is 5.67. The minimum absolute atomic E-state index is 0.160. The first-order valence-electron chi connectivity index (χ1n) is 12.7. The number of thiazole rings is 1. The maximum Gasteiger partial charge on any atom is 0.264 e. The molecule has 10 nitrogen and oxygen atoms in total. The molecule has 2 saturated heterocycles. The molecule has 2 fully saturated rings. The summed E-state index contributed by atoms with van der Waals surface area (Å²) in [6.45, 7) is 4.59. The van der Waals surface area contributed by atoms with Crippen molar-refractivity contribution in [3.8, 4) is 21.8 Å². The highest BCUT2D eigenvalue weighted by molar-refractivity contribution is 7.13. The Labute approximate surface area is 223 Å². The normalized spacial score (nSPS) is 18.0. The minimum Gasteiger partial charge on any atom is -0.365 e. The summed E-state index contributed by atoms with van der Waals surface area (Å²) in [5, 5.41) is 9.39. The molecule has 0 radical (unpaired) electrons. The minimum atomic E-state index is -0.301. The number of piperazine rings is 1. The molecule has 3 N–H and O–H groups in total. The van der Waals surface area contributed by atoms with Gasteiger partial charge in [0.2, 0.25) is 11.9 Å². The number of hydrogen-bond acceptors (Lipinski definition) is 10. The number of aromatic nitrogens is 5. The van der Waals surface area contributed by atoms with Gasteiger partial charge in [-0.1, -0.05) is 0 Å². The fraction of sp³-hybridized carbons (Fsp3) is 0.346. The van der Waals surface area contributed by atoms with Crippen molar-refractivity contribution >= 4 is 29.1 Å². The summed E-state index contributed by atoms with van der Waals surface area (Å²) in [6.07, 6.45) is 5.53. The number of anilines is 3. The first-order chi connectivity index (χ1) is 18.6. The molecule has 196 valence electrons. The van der Waals surface area contributed by atoms with E-state index in [2.05, 4.69) is 35.4 Å². The van der Waals surface area contributed by atoms with E-state index in [1.54, 1.807) is 30.6 Å². The van der Waals surface area contributed by atoms with E-state index in [-0.39, 0.29) is 17.4 Å². The summed E-state index contributed by atoms with van der Waals surface area (Å²) in [4.78, 5) is 39.1. The van der Waals surface area contributed by atoms with Crippen molar-refractivity contribution in [1.29, 1.82) is 0 Å². The van der Waals surface area contributed by atoms with Crippen LogP contribution < -0.4 is 26.0 Å². The number of hydrogen-bond donors (Lipinski definition) is 3. The zero-order valence-electron chi connectivity index (χ0n) is 20.7. The maximum absolute atomic E-state index is 13.5. The molecule has 0 aliphatic carbocycles. The van der Waals surface area contributed by atoms with Gasteiger partial charge in [0.25, 0.3) is 5.56 Å². The lowest BCUT2D eigenvalue weighted by Gasteiger charge is -2.35. The number of nitrogens with zero attached hydrogens (tertiary/aromatic N) is 6. The topological polar surface area (TPSA) is 115 Å². The van der Waals surface area contributed by atoms with Crippen molar-refractivity contribution in [2.45, 2.75) is 18.9 Å². The molecular formula is C26H28FN9OS. The van der Waals surface area contributed by atoms with Gasteiger partial charge in [-0.2, -0.15) is 4.98 Å². The summed E-state index contributed by atoms with van der Waals surface area (Å²) in [7, 11) is 0. The van der Waals surface area contributed by atoms with E-state index in [0.717, 1.165) is 44.6 Å². The molecule has 6 rings (SSSR count). The molecule has 0 amide bonds. The molecule has 12 heteroatoms. The highest BCUT2D eigenvalue weighted by atomic mass is 32.1. The van der Waals surface area contributed by atoms with Crippen molar-refractivity contribution in [3.63, 3.8) is 0 Å². The first-order valence-corrected chi connectivity index (χ1v) is 13.6. The average molecular weight is 534 g/mol. The van der Waals surface area contributed by atoms with Crippen LogP contribution in [0.15, 0.2) is 52.9 Å². The third-order valence-corrected chi connectivity index (χ3v) is 7.68. The number of nitrogens with one attached hydrogen (secondary N) is 3. The van der Waals surface area contributed by atoms with E-state index in [4.69, 9.17) is 9.97 Å². The standard InChI is InChI=1S/C26H28FN9OS/c27-18-6-4-17(5-7-18)20-16-38-24(32-20)21-22(31-19-3-1-8-28-15-19)33-26(34-23(21)37)36-13-11-35(12-14-36)25-29-9-2-10-30-25/h2,4-7,9-10,16,19,28H,1,3,8,11-15H2,(H2,31,33,34,37)/t19-/m1/s1. The van der Waals surface area contributed by atoms with Crippen LogP contribution in [-0.4, -0.2) is 70.2 Å². The number of rotatable bonds is 6. The second-order valence-corrected chi connectivity index (χ2v) is 10.2. The zero-order chi connectivity index (χ0) is 25.9. The van der Waals surface area contributed by atoms with Gasteiger partial charge in [-0.05, 0) is 49.7 Å². The Balaban J connectivity index is 1.30. The molecule has 1 atom stereocenters. The zero-order valence-corrected chi connectivity index (χ0v) is 21.5. The molecule has 2 aliphatic rings. The van der Waals surface area contributed by atoms with Crippen LogP contribution in [0, 0.1) is 5.82 Å². The number of halogens is 1. The van der Waals surface area contributed by atoms with Crippen molar-refractivity contribution < 1.29 is 4.39 Å². The summed E-state index contributed by atoms with van der Waals surface area (Å²) in [5.74, 6) is 1.47. The number of H-pyrrole nitrogens is 1. The van der Waals surface area contributed by atoms with Gasteiger partial charge >= 0.3 is 0 Å². The van der Waals surface area contributed by atoms with E-state index in [9.17, 15) is 9.18 Å². The van der Waals surface area contributed by atoms with Crippen molar-refractivity contribution in [2.24, 2.45) is 0 Å². The lowest BCUT2D eigenvalue weighted by Crippen LogP contribution is -2.48. The largest absolute Gasteiger partial charge is 0.365 e. The molecule has 0 unspecified atom stereocenters. The number of piperidine rings is 1. The molecule has 5 heterocycles. The molecule has 2 aliphatic heterocycles. The van der Waals surface area contributed by atoms with E-state index < -0.39 is 0 Å². The Kier molecular flexibility index (Phi) is 6.97. The van der Waals surface area contributed by atoms with Gasteiger partial charge in [-0.3, -0.25) is 9.78 Å². The van der Waals surface area contributed by atoms with E-state index in [0.29, 0.717) is 47.1 Å². The van der Waals surface area contributed by atoms with Crippen LogP contribution in [0.1, 0.15) is 12.8 Å². The molecule has 1 aromatic carbocycles. The fourth-order valence-electron chi connectivity index (χ4n) is 4.80. The SMILES string of the molecule is O=c1[nH]c(N2CCN(c3ncccn3)CC2)nc(N[C@@H]2CCCNC2)c1-c1nc(-c2ccc(F)cc2)cs1. The summed E-state index contributed by atoms with van der Waals surface area (Å²) in [5.41, 5.74) is 1.67. The van der Waals surface area contributed by atoms with E-state index in [1.807, 2.05) is 5.38 Å². The Hall–Kier alpha value is -3.90. The maximum atomic E-state index is 13.5. The lowest BCUT2D eigenvalue weighted by molar-refractivity contribution is 0.479. The predicted molar refractivity (Wildman–Crippen MR) is 147 cm³/mol. The highest BCUT2D eigenvalue weighted by Gasteiger charge is 2.25. The molecule has 3 aromatic heterocycles. The molecule has 0 spiro atoms. The summed E-state index contributed by atoms with van der Waals surface area (Å²) >= 11 is 1.38. The van der Waals surface area contributed by atoms with E-state index >= 15 is 0 Å². The Bertz CT molecular complexity index is 1430.